The topological polar surface area (TPSA) is 57.7 Å². The van der Waals surface area contributed by atoms with Crippen LogP contribution in [0.4, 0.5) is 5.13 Å². The summed E-state index contributed by atoms with van der Waals surface area (Å²) >= 11 is 1.68. The molecule has 2 aromatic rings. The van der Waals surface area contributed by atoms with Crippen LogP contribution >= 0.6 is 11.3 Å². The molecule has 0 aliphatic carbocycles. The van der Waals surface area contributed by atoms with Crippen LogP contribution in [0.25, 0.3) is 0 Å². The zero-order valence-corrected chi connectivity index (χ0v) is 18.8. The first-order valence-electron chi connectivity index (χ1n) is 11.0. The van der Waals surface area contributed by atoms with Crippen LogP contribution in [0.5, 0.6) is 0 Å². The lowest BCUT2D eigenvalue weighted by Crippen LogP contribution is -2.53. The largest absolute Gasteiger partial charge is 0.366 e. The molecule has 3 heterocycles. The van der Waals surface area contributed by atoms with Crippen molar-refractivity contribution in [1.82, 2.24) is 14.8 Å². The maximum atomic E-state index is 13.1. The molecule has 2 saturated heterocycles. The van der Waals surface area contributed by atoms with E-state index in [4.69, 9.17) is 9.72 Å². The lowest BCUT2D eigenvalue weighted by atomic mass is 9.70. The number of aromatic nitrogens is 1. The predicted octanol–water partition coefficient (Wildman–Crippen LogP) is 3.20. The Hall–Kier alpha value is -1.96. The summed E-state index contributed by atoms with van der Waals surface area (Å²) in [5.41, 5.74) is 2.27. The first-order chi connectivity index (χ1) is 14.6. The van der Waals surface area contributed by atoms with Gasteiger partial charge in [-0.15, -0.1) is 11.3 Å². The molecule has 1 N–H and O–H groups in total. The van der Waals surface area contributed by atoms with Gasteiger partial charge in [-0.2, -0.15) is 0 Å². The fourth-order valence-electron chi connectivity index (χ4n) is 4.50. The van der Waals surface area contributed by atoms with E-state index in [2.05, 4.69) is 52.9 Å². The number of anilines is 1. The van der Waals surface area contributed by atoms with Crippen molar-refractivity contribution in [3.8, 4) is 0 Å². The molecular weight excluding hydrogens is 396 g/mol. The minimum Gasteiger partial charge on any atom is -0.366 e. The van der Waals surface area contributed by atoms with Gasteiger partial charge in [-0.05, 0) is 31.9 Å². The summed E-state index contributed by atoms with van der Waals surface area (Å²) in [5.74, 6) is 0.131. The number of amides is 1. The molecule has 1 unspecified atom stereocenters. The number of morpholine rings is 1. The molecule has 0 saturated carbocycles. The molecule has 6 nitrogen and oxygen atoms in total. The van der Waals surface area contributed by atoms with E-state index >= 15 is 0 Å². The molecule has 7 heteroatoms. The average molecular weight is 429 g/mol. The highest BCUT2D eigenvalue weighted by Crippen LogP contribution is 2.42. The molecule has 1 atom stereocenters. The number of hydrogen-bond acceptors (Lipinski definition) is 6. The Morgan fingerprint density at radius 3 is 2.73 bits per heavy atom. The monoisotopic (exact) mass is 428 g/mol. The molecule has 0 bridgehead atoms. The zero-order chi connectivity index (χ0) is 21.0. The van der Waals surface area contributed by atoms with E-state index in [1.165, 1.54) is 5.56 Å². The Morgan fingerprint density at radius 1 is 1.27 bits per heavy atom. The van der Waals surface area contributed by atoms with Gasteiger partial charge in [0.05, 0.1) is 12.3 Å². The highest BCUT2D eigenvalue weighted by molar-refractivity contribution is 7.13. The highest BCUT2D eigenvalue weighted by Gasteiger charge is 2.42. The maximum Gasteiger partial charge on any atom is 0.253 e. The van der Waals surface area contributed by atoms with Gasteiger partial charge >= 0.3 is 0 Å². The summed E-state index contributed by atoms with van der Waals surface area (Å²) in [6, 6.07) is 10.7. The molecule has 30 heavy (non-hydrogen) atoms. The van der Waals surface area contributed by atoms with Crippen LogP contribution in [0.3, 0.4) is 0 Å². The van der Waals surface area contributed by atoms with E-state index in [0.29, 0.717) is 13.2 Å². The summed E-state index contributed by atoms with van der Waals surface area (Å²) < 4.78 is 5.77. The van der Waals surface area contributed by atoms with Crippen molar-refractivity contribution in [3.63, 3.8) is 0 Å². The van der Waals surface area contributed by atoms with E-state index in [1.54, 1.807) is 11.3 Å². The second-order valence-electron chi connectivity index (χ2n) is 8.36. The lowest BCUT2D eigenvalue weighted by Gasteiger charge is -2.43. The van der Waals surface area contributed by atoms with Gasteiger partial charge in [0, 0.05) is 43.5 Å². The van der Waals surface area contributed by atoms with Crippen molar-refractivity contribution in [3.05, 3.63) is 47.0 Å². The number of nitrogens with zero attached hydrogens (tertiary/aromatic N) is 3. The number of ether oxygens (including phenoxy) is 1. The Morgan fingerprint density at radius 2 is 2.03 bits per heavy atom. The number of likely N-dealkylation sites (tertiary alicyclic amines) is 1. The number of thiazole rings is 1. The molecule has 4 rings (SSSR count). The van der Waals surface area contributed by atoms with E-state index in [0.717, 1.165) is 56.3 Å². The van der Waals surface area contributed by atoms with Crippen LogP contribution in [0, 0.1) is 0 Å². The second-order valence-corrected chi connectivity index (χ2v) is 9.22. The summed E-state index contributed by atoms with van der Waals surface area (Å²) in [7, 11) is 2.05. The third-order valence-corrected chi connectivity index (χ3v) is 7.12. The van der Waals surface area contributed by atoms with Crippen LogP contribution in [-0.4, -0.2) is 73.2 Å². The molecule has 0 radical (unpaired) electrons. The Balaban J connectivity index is 1.53. The van der Waals surface area contributed by atoms with Gasteiger partial charge in [0.2, 0.25) is 0 Å². The SMILES string of the molecule is CCCNc1nc(C2(c3ccccc3)CCN(C(=O)C3CN(C)CCO3)CC2)cs1. The van der Waals surface area contributed by atoms with Gasteiger partial charge in [0.1, 0.15) is 6.10 Å². The maximum absolute atomic E-state index is 13.1. The number of carbonyl (C=O) groups is 1. The van der Waals surface area contributed by atoms with Gasteiger partial charge < -0.3 is 19.9 Å². The average Bonchev–Trinajstić information content (AvgIpc) is 3.27. The smallest absolute Gasteiger partial charge is 0.253 e. The van der Waals surface area contributed by atoms with Gasteiger partial charge in [-0.3, -0.25) is 4.79 Å². The number of rotatable bonds is 6. The van der Waals surface area contributed by atoms with E-state index in [-0.39, 0.29) is 17.4 Å². The Labute approximate surface area is 183 Å². The van der Waals surface area contributed by atoms with Crippen molar-refractivity contribution >= 4 is 22.4 Å². The fourth-order valence-corrected chi connectivity index (χ4v) is 5.33. The number of nitrogens with one attached hydrogen (secondary N) is 1. The first-order valence-corrected chi connectivity index (χ1v) is 11.8. The number of likely N-dealkylation sites (N-methyl/N-ethyl adjacent to an activating group) is 1. The number of hydrogen-bond donors (Lipinski definition) is 1. The van der Waals surface area contributed by atoms with Crippen molar-refractivity contribution in [1.29, 1.82) is 0 Å². The molecule has 1 amide bonds. The van der Waals surface area contributed by atoms with Crippen LogP contribution in [0.15, 0.2) is 35.7 Å². The third kappa shape index (κ3) is 4.38. The number of piperidine rings is 1. The standard InChI is InChI=1S/C23H32N4O2S/c1-3-11-24-22-25-20(17-30-22)23(18-7-5-4-6-8-18)9-12-27(13-10-23)21(28)19-16-26(2)14-15-29-19/h4-8,17,19H,3,9-16H2,1-2H3,(H,24,25). The molecular formula is C23H32N4O2S. The van der Waals surface area contributed by atoms with E-state index < -0.39 is 0 Å². The van der Waals surface area contributed by atoms with Crippen molar-refractivity contribution < 1.29 is 9.53 Å². The second kappa shape index (κ2) is 9.45. The third-order valence-electron chi connectivity index (χ3n) is 6.32. The summed E-state index contributed by atoms with van der Waals surface area (Å²) in [4.78, 5) is 22.2. The molecule has 1 aromatic heterocycles. The van der Waals surface area contributed by atoms with Crippen LogP contribution in [-0.2, 0) is 14.9 Å². The highest BCUT2D eigenvalue weighted by atomic mass is 32.1. The Kier molecular flexibility index (Phi) is 6.71. The quantitative estimate of drug-likeness (QED) is 0.766. The summed E-state index contributed by atoms with van der Waals surface area (Å²) in [6.45, 7) is 6.74. The molecule has 2 aliphatic heterocycles. The number of benzene rings is 1. The summed E-state index contributed by atoms with van der Waals surface area (Å²) in [6.07, 6.45) is 2.50. The van der Waals surface area contributed by atoms with Crippen molar-refractivity contribution in [2.24, 2.45) is 0 Å². The van der Waals surface area contributed by atoms with Gasteiger partial charge in [-0.1, -0.05) is 37.3 Å². The van der Waals surface area contributed by atoms with Crippen molar-refractivity contribution in [2.45, 2.75) is 37.7 Å². The normalized spacial score (nSPS) is 22.1. The van der Waals surface area contributed by atoms with Gasteiger partial charge in [0.15, 0.2) is 5.13 Å². The molecule has 0 spiro atoms. The van der Waals surface area contributed by atoms with Crippen LogP contribution in [0.1, 0.15) is 37.4 Å². The first kappa shape index (κ1) is 21.3. The molecule has 1 aromatic carbocycles. The Bertz CT molecular complexity index is 833. The fraction of sp³-hybridized carbons (Fsp3) is 0.565. The minimum atomic E-state index is -0.336. The zero-order valence-electron chi connectivity index (χ0n) is 18.0. The molecule has 162 valence electrons. The molecule has 2 aliphatic rings. The lowest BCUT2D eigenvalue weighted by molar-refractivity contribution is -0.150. The van der Waals surface area contributed by atoms with E-state index in [9.17, 15) is 4.79 Å². The number of carbonyl (C=O) groups excluding carboxylic acids is 1. The minimum absolute atomic E-state index is 0.131. The molecule has 2 fully saturated rings. The van der Waals surface area contributed by atoms with Crippen LogP contribution < -0.4 is 5.32 Å². The van der Waals surface area contributed by atoms with Crippen molar-refractivity contribution in [2.75, 3.05) is 51.7 Å². The van der Waals surface area contributed by atoms with E-state index in [1.807, 2.05) is 11.9 Å². The van der Waals surface area contributed by atoms with Gasteiger partial charge in [-0.25, -0.2) is 4.98 Å². The van der Waals surface area contributed by atoms with Gasteiger partial charge in [0.25, 0.3) is 5.91 Å². The summed E-state index contributed by atoms with van der Waals surface area (Å²) in [5, 5.41) is 6.60. The predicted molar refractivity (Wildman–Crippen MR) is 121 cm³/mol. The van der Waals surface area contributed by atoms with Crippen LogP contribution in [0.2, 0.25) is 0 Å².